The second kappa shape index (κ2) is 7.39. The van der Waals surface area contributed by atoms with Gasteiger partial charge in [0.25, 0.3) is 0 Å². The van der Waals surface area contributed by atoms with E-state index in [1.807, 2.05) is 18.2 Å². The van der Waals surface area contributed by atoms with Crippen molar-refractivity contribution < 1.29 is 13.5 Å². The molecule has 25 heavy (non-hydrogen) atoms. The molecule has 0 atom stereocenters. The normalized spacial score (nSPS) is 11.6. The fraction of sp³-hybridized carbons (Fsp3) is 0.167. The van der Waals surface area contributed by atoms with Gasteiger partial charge in [-0.2, -0.15) is 5.10 Å². The minimum absolute atomic E-state index is 0.0639. The summed E-state index contributed by atoms with van der Waals surface area (Å²) in [6, 6.07) is 15.9. The molecule has 0 saturated carbocycles. The Balaban J connectivity index is 1.92. The summed E-state index contributed by atoms with van der Waals surface area (Å²) in [6.07, 6.45) is 1.92. The van der Waals surface area contributed by atoms with Gasteiger partial charge in [-0.15, -0.1) is 0 Å². The molecule has 0 aliphatic rings. The molecule has 3 aromatic rings. The van der Waals surface area contributed by atoms with Crippen molar-refractivity contribution in [3.63, 3.8) is 0 Å². The van der Waals surface area contributed by atoms with Crippen LogP contribution in [0.4, 0.5) is 0 Å². The standard InChI is InChI=1S/C18H17ClN2O3S/c19-15-4-6-16(7-5-15)21-18(10-11-20-21)14-2-8-17(9-3-14)25(23,24)13-1-12-22/h2-11,22H,1,12-13H2. The molecule has 0 aliphatic carbocycles. The predicted molar refractivity (Wildman–Crippen MR) is 97.8 cm³/mol. The van der Waals surface area contributed by atoms with E-state index < -0.39 is 9.84 Å². The van der Waals surface area contributed by atoms with E-state index >= 15 is 0 Å². The van der Waals surface area contributed by atoms with Gasteiger partial charge >= 0.3 is 0 Å². The van der Waals surface area contributed by atoms with Gasteiger partial charge in [0.1, 0.15) is 0 Å². The first kappa shape index (κ1) is 17.7. The molecule has 0 radical (unpaired) electrons. The minimum atomic E-state index is -3.37. The summed E-state index contributed by atoms with van der Waals surface area (Å²) in [5.41, 5.74) is 2.57. The largest absolute Gasteiger partial charge is 0.396 e. The topological polar surface area (TPSA) is 72.2 Å². The van der Waals surface area contributed by atoms with Crippen molar-refractivity contribution in [2.24, 2.45) is 0 Å². The number of nitrogens with zero attached hydrogens (tertiary/aromatic N) is 2. The lowest BCUT2D eigenvalue weighted by atomic mass is 10.1. The molecule has 130 valence electrons. The van der Waals surface area contributed by atoms with Crippen molar-refractivity contribution in [1.82, 2.24) is 9.78 Å². The molecular formula is C18H17ClN2O3S. The number of benzene rings is 2. The highest BCUT2D eigenvalue weighted by molar-refractivity contribution is 7.91. The van der Waals surface area contributed by atoms with Crippen molar-refractivity contribution in [3.05, 3.63) is 65.8 Å². The third kappa shape index (κ3) is 3.92. The average molecular weight is 377 g/mol. The molecule has 0 bridgehead atoms. The molecule has 1 aromatic heterocycles. The number of sulfone groups is 1. The number of aliphatic hydroxyl groups is 1. The van der Waals surface area contributed by atoms with E-state index in [4.69, 9.17) is 16.7 Å². The molecule has 1 N–H and O–H groups in total. The van der Waals surface area contributed by atoms with Crippen molar-refractivity contribution >= 4 is 21.4 Å². The van der Waals surface area contributed by atoms with Crippen LogP contribution in [-0.2, 0) is 9.84 Å². The molecule has 5 nitrogen and oxygen atoms in total. The summed E-state index contributed by atoms with van der Waals surface area (Å²) < 4.78 is 26.1. The summed E-state index contributed by atoms with van der Waals surface area (Å²) in [4.78, 5) is 0.252. The number of hydrogen-bond acceptors (Lipinski definition) is 4. The van der Waals surface area contributed by atoms with Crippen molar-refractivity contribution in [3.8, 4) is 16.9 Å². The first-order valence-corrected chi connectivity index (χ1v) is 9.78. The Morgan fingerprint density at radius 3 is 2.32 bits per heavy atom. The third-order valence-electron chi connectivity index (χ3n) is 3.79. The van der Waals surface area contributed by atoms with Gasteiger partial charge in [-0.1, -0.05) is 23.7 Å². The monoisotopic (exact) mass is 376 g/mol. The zero-order valence-corrected chi connectivity index (χ0v) is 14.9. The average Bonchev–Trinajstić information content (AvgIpc) is 3.10. The molecule has 3 rings (SSSR count). The zero-order valence-electron chi connectivity index (χ0n) is 13.3. The molecule has 0 aliphatic heterocycles. The van der Waals surface area contributed by atoms with Gasteiger partial charge in [0.2, 0.25) is 0 Å². The third-order valence-corrected chi connectivity index (χ3v) is 5.86. The molecule has 0 fully saturated rings. The van der Waals surface area contributed by atoms with Crippen LogP contribution in [0.25, 0.3) is 16.9 Å². The quantitative estimate of drug-likeness (QED) is 0.716. The van der Waals surface area contributed by atoms with Crippen molar-refractivity contribution in [2.45, 2.75) is 11.3 Å². The molecular weight excluding hydrogens is 360 g/mol. The maximum absolute atomic E-state index is 12.2. The summed E-state index contributed by atoms with van der Waals surface area (Å²) in [5, 5.41) is 13.8. The summed E-state index contributed by atoms with van der Waals surface area (Å²) in [5.74, 6) is -0.0639. The van der Waals surface area contributed by atoms with Gasteiger partial charge in [-0.3, -0.25) is 0 Å². The highest BCUT2D eigenvalue weighted by Gasteiger charge is 2.15. The first-order valence-electron chi connectivity index (χ1n) is 7.75. The van der Waals surface area contributed by atoms with Crippen LogP contribution >= 0.6 is 11.6 Å². The molecule has 0 spiro atoms. The van der Waals surface area contributed by atoms with Gasteiger partial charge < -0.3 is 5.11 Å². The Morgan fingerprint density at radius 2 is 1.68 bits per heavy atom. The predicted octanol–water partition coefficient (Wildman–Crippen LogP) is 3.35. The maximum atomic E-state index is 12.2. The van der Waals surface area contributed by atoms with E-state index in [2.05, 4.69) is 5.10 Å². The summed E-state index contributed by atoms with van der Waals surface area (Å²) in [6.45, 7) is -0.141. The van der Waals surface area contributed by atoms with Crippen LogP contribution < -0.4 is 0 Å². The number of aromatic nitrogens is 2. The minimum Gasteiger partial charge on any atom is -0.396 e. The lowest BCUT2D eigenvalue weighted by molar-refractivity contribution is 0.295. The number of hydrogen-bond donors (Lipinski definition) is 1. The van der Waals surface area contributed by atoms with Crippen LogP contribution in [0, 0.1) is 0 Å². The Kier molecular flexibility index (Phi) is 5.22. The highest BCUT2D eigenvalue weighted by Crippen LogP contribution is 2.25. The van der Waals surface area contributed by atoms with Crippen LogP contribution in [0.15, 0.2) is 65.7 Å². The first-order chi connectivity index (χ1) is 12.0. The van der Waals surface area contributed by atoms with Gasteiger partial charge in [0.05, 0.1) is 28.2 Å². The van der Waals surface area contributed by atoms with E-state index in [0.717, 1.165) is 16.9 Å². The molecule has 7 heteroatoms. The lowest BCUT2D eigenvalue weighted by Gasteiger charge is -2.09. The van der Waals surface area contributed by atoms with Gasteiger partial charge in [0.15, 0.2) is 9.84 Å². The zero-order chi connectivity index (χ0) is 17.9. The second-order valence-electron chi connectivity index (χ2n) is 5.53. The van der Waals surface area contributed by atoms with Crippen LogP contribution in [0.3, 0.4) is 0 Å². The highest BCUT2D eigenvalue weighted by atomic mass is 35.5. The smallest absolute Gasteiger partial charge is 0.178 e. The van der Waals surface area contributed by atoms with E-state index in [0.29, 0.717) is 5.02 Å². The van der Waals surface area contributed by atoms with Crippen LogP contribution in [-0.4, -0.2) is 35.7 Å². The Bertz CT molecular complexity index is 949. The molecule has 0 amide bonds. The second-order valence-corrected chi connectivity index (χ2v) is 8.07. The number of aliphatic hydroxyl groups excluding tert-OH is 1. The summed E-state index contributed by atoms with van der Waals surface area (Å²) in [7, 11) is -3.37. The lowest BCUT2D eigenvalue weighted by Crippen LogP contribution is -2.08. The maximum Gasteiger partial charge on any atom is 0.178 e. The molecule has 1 heterocycles. The van der Waals surface area contributed by atoms with E-state index in [9.17, 15) is 8.42 Å². The SMILES string of the molecule is O=S(=O)(CCCO)c1ccc(-c2ccnn2-c2ccc(Cl)cc2)cc1. The van der Waals surface area contributed by atoms with Crippen molar-refractivity contribution in [2.75, 3.05) is 12.4 Å². The Hall–Kier alpha value is -2.15. The van der Waals surface area contributed by atoms with Crippen molar-refractivity contribution in [1.29, 1.82) is 0 Å². The van der Waals surface area contributed by atoms with Gasteiger partial charge in [0, 0.05) is 17.2 Å². The number of rotatable bonds is 6. The number of halogens is 1. The van der Waals surface area contributed by atoms with Crippen LogP contribution in [0.5, 0.6) is 0 Å². The fourth-order valence-corrected chi connectivity index (χ4v) is 3.94. The fourth-order valence-electron chi connectivity index (χ4n) is 2.52. The molecule has 0 saturated heterocycles. The van der Waals surface area contributed by atoms with Crippen LogP contribution in [0.2, 0.25) is 5.02 Å². The molecule has 2 aromatic carbocycles. The van der Waals surface area contributed by atoms with E-state index in [-0.39, 0.29) is 23.7 Å². The molecule has 0 unspecified atom stereocenters. The van der Waals surface area contributed by atoms with E-state index in [1.54, 1.807) is 47.3 Å². The Morgan fingerprint density at radius 1 is 1.00 bits per heavy atom. The Labute approximate surface area is 151 Å². The van der Waals surface area contributed by atoms with Crippen LogP contribution in [0.1, 0.15) is 6.42 Å². The van der Waals surface area contributed by atoms with Gasteiger partial charge in [-0.25, -0.2) is 13.1 Å². The summed E-state index contributed by atoms with van der Waals surface area (Å²) >= 11 is 5.92. The van der Waals surface area contributed by atoms with Gasteiger partial charge in [-0.05, 0) is 48.9 Å². The van der Waals surface area contributed by atoms with E-state index in [1.165, 1.54) is 0 Å².